The highest BCUT2D eigenvalue weighted by Crippen LogP contribution is 2.40. The Balaban J connectivity index is 1.90. The molecular formula is C22H22N8. The third kappa shape index (κ3) is 2.76. The monoisotopic (exact) mass is 398 g/mol. The molecule has 0 N–H and O–H groups in total. The lowest BCUT2D eigenvalue weighted by Gasteiger charge is -2.17. The van der Waals surface area contributed by atoms with Crippen molar-refractivity contribution < 1.29 is 0 Å². The number of aryl methyl sites for hydroxylation is 4. The van der Waals surface area contributed by atoms with Crippen LogP contribution in [0.4, 0.5) is 0 Å². The van der Waals surface area contributed by atoms with Crippen LogP contribution in [0, 0.1) is 0 Å². The summed E-state index contributed by atoms with van der Waals surface area (Å²) in [4.78, 5) is 18.5. The number of hydrogen-bond acceptors (Lipinski definition) is 4. The zero-order valence-electron chi connectivity index (χ0n) is 17.4. The molecule has 30 heavy (non-hydrogen) atoms. The van der Waals surface area contributed by atoms with Crippen molar-refractivity contribution in [3.05, 3.63) is 61.7 Å². The molecule has 8 heteroatoms. The van der Waals surface area contributed by atoms with Crippen molar-refractivity contribution >= 4 is 0 Å². The second-order valence-corrected chi connectivity index (χ2v) is 7.39. The number of nitrogens with zero attached hydrogens (tertiary/aromatic N) is 8. The molecule has 150 valence electrons. The summed E-state index contributed by atoms with van der Waals surface area (Å²) >= 11 is 0. The minimum atomic E-state index is 0.870. The number of hydrogen-bond donors (Lipinski definition) is 0. The first-order chi connectivity index (χ1) is 14.5. The summed E-state index contributed by atoms with van der Waals surface area (Å²) in [6, 6.07) is 4.30. The lowest BCUT2D eigenvalue weighted by Crippen LogP contribution is -2.03. The van der Waals surface area contributed by atoms with Crippen LogP contribution in [0.15, 0.2) is 61.7 Å². The van der Waals surface area contributed by atoms with Crippen LogP contribution in [0.25, 0.3) is 45.6 Å². The van der Waals surface area contributed by atoms with E-state index in [1.165, 1.54) is 0 Å². The Hall–Kier alpha value is -3.94. The summed E-state index contributed by atoms with van der Waals surface area (Å²) in [6.45, 7) is 0. The van der Waals surface area contributed by atoms with E-state index in [0.29, 0.717) is 0 Å². The molecule has 0 aliphatic carbocycles. The molecule has 0 aliphatic rings. The van der Waals surface area contributed by atoms with Gasteiger partial charge in [0.1, 0.15) is 23.3 Å². The van der Waals surface area contributed by atoms with Crippen molar-refractivity contribution in [2.75, 3.05) is 0 Å². The van der Waals surface area contributed by atoms with Crippen molar-refractivity contribution in [3.8, 4) is 45.6 Å². The predicted molar refractivity (Wildman–Crippen MR) is 115 cm³/mol. The van der Waals surface area contributed by atoms with Crippen LogP contribution in [-0.2, 0) is 28.2 Å². The first-order valence-corrected chi connectivity index (χ1v) is 9.63. The molecular weight excluding hydrogens is 376 g/mol. The van der Waals surface area contributed by atoms with Crippen molar-refractivity contribution in [1.29, 1.82) is 0 Å². The Labute approximate surface area is 174 Å². The Morgan fingerprint density at radius 1 is 0.433 bits per heavy atom. The molecule has 5 aromatic rings. The quantitative estimate of drug-likeness (QED) is 0.466. The second kappa shape index (κ2) is 6.84. The molecule has 5 rings (SSSR count). The first kappa shape index (κ1) is 18.1. The van der Waals surface area contributed by atoms with Crippen molar-refractivity contribution in [3.63, 3.8) is 0 Å². The van der Waals surface area contributed by atoms with Gasteiger partial charge in [-0.15, -0.1) is 0 Å². The van der Waals surface area contributed by atoms with Gasteiger partial charge in [0.15, 0.2) is 0 Å². The van der Waals surface area contributed by atoms with Crippen LogP contribution < -0.4 is 0 Å². The first-order valence-electron chi connectivity index (χ1n) is 9.63. The zero-order valence-corrected chi connectivity index (χ0v) is 17.4. The van der Waals surface area contributed by atoms with Gasteiger partial charge in [-0.3, -0.25) is 0 Å². The molecule has 0 saturated heterocycles. The highest BCUT2D eigenvalue weighted by atomic mass is 15.1. The minimum absolute atomic E-state index is 0.870. The summed E-state index contributed by atoms with van der Waals surface area (Å²) in [7, 11) is 7.99. The van der Waals surface area contributed by atoms with E-state index >= 15 is 0 Å². The van der Waals surface area contributed by atoms with Crippen LogP contribution in [-0.4, -0.2) is 38.2 Å². The number of aromatic nitrogens is 8. The summed E-state index contributed by atoms with van der Waals surface area (Å²) in [5.41, 5.74) is 3.97. The second-order valence-electron chi connectivity index (χ2n) is 7.39. The highest BCUT2D eigenvalue weighted by molar-refractivity contribution is 5.90. The Morgan fingerprint density at radius 3 is 0.833 bits per heavy atom. The molecule has 0 saturated carbocycles. The van der Waals surface area contributed by atoms with Gasteiger partial charge in [0, 0.05) is 100 Å². The van der Waals surface area contributed by atoms with Gasteiger partial charge < -0.3 is 18.3 Å². The Morgan fingerprint density at radius 2 is 0.667 bits per heavy atom. The molecule has 4 heterocycles. The molecule has 0 spiro atoms. The van der Waals surface area contributed by atoms with Crippen LogP contribution in [0.2, 0.25) is 0 Å². The van der Waals surface area contributed by atoms with Crippen molar-refractivity contribution in [1.82, 2.24) is 38.2 Å². The van der Waals surface area contributed by atoms with Gasteiger partial charge in [-0.2, -0.15) is 0 Å². The summed E-state index contributed by atoms with van der Waals surface area (Å²) in [5.74, 6) is 3.48. The van der Waals surface area contributed by atoms with Gasteiger partial charge >= 0.3 is 0 Å². The summed E-state index contributed by atoms with van der Waals surface area (Å²) in [5, 5.41) is 0. The maximum atomic E-state index is 4.62. The third-order valence-electron chi connectivity index (χ3n) is 5.41. The fraction of sp³-hybridized carbons (Fsp3) is 0.182. The smallest absolute Gasteiger partial charge is 0.140 e. The average molecular weight is 398 g/mol. The van der Waals surface area contributed by atoms with Gasteiger partial charge in [-0.1, -0.05) is 0 Å². The van der Waals surface area contributed by atoms with Crippen molar-refractivity contribution in [2.24, 2.45) is 28.2 Å². The fourth-order valence-corrected chi connectivity index (χ4v) is 3.84. The van der Waals surface area contributed by atoms with E-state index in [-0.39, 0.29) is 0 Å². The van der Waals surface area contributed by atoms with E-state index in [1.54, 1.807) is 0 Å². The van der Waals surface area contributed by atoms with E-state index in [2.05, 4.69) is 32.1 Å². The van der Waals surface area contributed by atoms with Gasteiger partial charge in [-0.05, 0) is 12.1 Å². The molecule has 1 aromatic carbocycles. The number of rotatable bonds is 4. The molecule has 0 aliphatic heterocycles. The summed E-state index contributed by atoms with van der Waals surface area (Å²) in [6.07, 6.45) is 15.0. The van der Waals surface area contributed by atoms with Gasteiger partial charge in [0.2, 0.25) is 0 Å². The van der Waals surface area contributed by atoms with Crippen LogP contribution in [0.3, 0.4) is 0 Å². The van der Waals surface area contributed by atoms with E-state index in [9.17, 15) is 0 Å². The molecule has 8 nitrogen and oxygen atoms in total. The summed E-state index contributed by atoms with van der Waals surface area (Å²) < 4.78 is 8.07. The van der Waals surface area contributed by atoms with Crippen LogP contribution >= 0.6 is 0 Å². The normalized spacial score (nSPS) is 11.3. The van der Waals surface area contributed by atoms with Crippen LogP contribution in [0.1, 0.15) is 0 Å². The van der Waals surface area contributed by atoms with Gasteiger partial charge in [0.25, 0.3) is 0 Å². The predicted octanol–water partition coefficient (Wildman–Crippen LogP) is 3.29. The standard InChI is InChI=1S/C22H22N8/c1-27-9-5-23-19(27)15-13-17(21-25-7-11-29(21)3)18(22-26-8-12-30(22)4)14-16(15)20-24-6-10-28(20)2/h5-14H,1-4H3. The molecule has 0 amide bonds. The molecule has 0 atom stereocenters. The molecule has 4 aromatic heterocycles. The maximum absolute atomic E-state index is 4.62. The van der Waals surface area contributed by atoms with Gasteiger partial charge in [0.05, 0.1) is 0 Å². The van der Waals surface area contributed by atoms with E-state index < -0.39 is 0 Å². The molecule has 0 unspecified atom stereocenters. The van der Waals surface area contributed by atoms with E-state index in [0.717, 1.165) is 45.6 Å². The Bertz CT molecular complexity index is 1140. The highest BCUT2D eigenvalue weighted by Gasteiger charge is 2.22. The molecule has 0 radical (unpaired) electrons. The topological polar surface area (TPSA) is 71.3 Å². The fourth-order valence-electron chi connectivity index (χ4n) is 3.84. The average Bonchev–Trinajstić information content (AvgIpc) is 3.51. The van der Waals surface area contributed by atoms with Gasteiger partial charge in [-0.25, -0.2) is 19.9 Å². The lowest BCUT2D eigenvalue weighted by molar-refractivity contribution is 0.908. The lowest BCUT2D eigenvalue weighted by atomic mass is 9.95. The van der Waals surface area contributed by atoms with E-state index in [1.807, 2.05) is 96.0 Å². The van der Waals surface area contributed by atoms with Crippen LogP contribution in [0.5, 0.6) is 0 Å². The van der Waals surface area contributed by atoms with Crippen molar-refractivity contribution in [2.45, 2.75) is 0 Å². The third-order valence-corrected chi connectivity index (χ3v) is 5.41. The number of benzene rings is 1. The van der Waals surface area contributed by atoms with E-state index in [4.69, 9.17) is 0 Å². The maximum Gasteiger partial charge on any atom is 0.140 e. The molecule has 0 bridgehead atoms. The largest absolute Gasteiger partial charge is 0.334 e. The minimum Gasteiger partial charge on any atom is -0.334 e. The zero-order chi connectivity index (χ0) is 20.8. The molecule has 0 fully saturated rings. The number of imidazole rings is 4. The SMILES string of the molecule is Cn1ccnc1-c1cc(-c2nccn2C)c(-c2nccn2C)cc1-c1nccn1C. The Kier molecular flexibility index (Phi) is 4.13.